The number of amides is 1. The number of hydrogen-bond acceptors (Lipinski definition) is 3. The highest BCUT2D eigenvalue weighted by molar-refractivity contribution is 7.99. The van der Waals surface area contributed by atoms with Gasteiger partial charge in [0.2, 0.25) is 5.91 Å². The summed E-state index contributed by atoms with van der Waals surface area (Å²) in [6.45, 7) is 8.94. The van der Waals surface area contributed by atoms with E-state index in [9.17, 15) is 4.79 Å². The molecular formula is C17H28N2OS. The fourth-order valence-corrected chi connectivity index (χ4v) is 3.27. The van der Waals surface area contributed by atoms with Crippen LogP contribution in [0.15, 0.2) is 23.1 Å². The zero-order valence-electron chi connectivity index (χ0n) is 13.7. The van der Waals surface area contributed by atoms with Gasteiger partial charge in [-0.2, -0.15) is 0 Å². The highest BCUT2D eigenvalue weighted by Crippen LogP contribution is 2.23. The number of carbonyl (C=O) groups excluding carboxylic acids is 1. The molecular weight excluding hydrogens is 280 g/mol. The Hall–Kier alpha value is -1.00. The molecule has 0 radical (unpaired) electrons. The van der Waals surface area contributed by atoms with E-state index in [1.54, 1.807) is 0 Å². The van der Waals surface area contributed by atoms with Crippen molar-refractivity contribution in [1.82, 2.24) is 5.32 Å². The Labute approximate surface area is 133 Å². The second-order valence-corrected chi connectivity index (χ2v) is 6.95. The first-order valence-corrected chi connectivity index (χ1v) is 8.62. The number of hydrogen-bond donors (Lipinski definition) is 2. The molecule has 0 aromatic heterocycles. The molecule has 0 aliphatic rings. The van der Waals surface area contributed by atoms with Crippen molar-refractivity contribution in [2.75, 3.05) is 12.3 Å². The Bertz CT molecular complexity index is 476. The van der Waals surface area contributed by atoms with Gasteiger partial charge in [0.25, 0.3) is 0 Å². The molecule has 118 valence electrons. The van der Waals surface area contributed by atoms with Crippen LogP contribution in [-0.2, 0) is 4.79 Å². The number of primary amides is 1. The molecule has 0 bridgehead atoms. The number of benzene rings is 1. The largest absolute Gasteiger partial charge is 0.368 e. The van der Waals surface area contributed by atoms with Crippen LogP contribution in [0, 0.1) is 13.8 Å². The smallest absolute Gasteiger partial charge is 0.237 e. The summed E-state index contributed by atoms with van der Waals surface area (Å²) in [4.78, 5) is 12.8. The Balaban J connectivity index is 2.33. The lowest BCUT2D eigenvalue weighted by Crippen LogP contribution is -2.52. The lowest BCUT2D eigenvalue weighted by molar-refractivity contribution is -0.124. The summed E-state index contributed by atoms with van der Waals surface area (Å²) in [7, 11) is 0. The van der Waals surface area contributed by atoms with Gasteiger partial charge in [0.15, 0.2) is 0 Å². The van der Waals surface area contributed by atoms with Gasteiger partial charge in [0.1, 0.15) is 0 Å². The number of rotatable bonds is 9. The first kappa shape index (κ1) is 18.1. The third kappa shape index (κ3) is 5.71. The number of unbranched alkanes of at least 4 members (excludes halogenated alkanes) is 1. The van der Waals surface area contributed by atoms with E-state index in [1.807, 2.05) is 25.6 Å². The van der Waals surface area contributed by atoms with Crippen molar-refractivity contribution in [3.05, 3.63) is 29.3 Å². The average Bonchev–Trinajstić information content (AvgIpc) is 2.42. The number of thioether (sulfide) groups is 1. The zero-order valence-corrected chi connectivity index (χ0v) is 14.5. The Morgan fingerprint density at radius 2 is 2.00 bits per heavy atom. The predicted octanol–water partition coefficient (Wildman–Crippen LogP) is 3.42. The van der Waals surface area contributed by atoms with E-state index in [2.05, 4.69) is 37.4 Å². The molecule has 0 saturated carbocycles. The van der Waals surface area contributed by atoms with Gasteiger partial charge in [0, 0.05) is 4.90 Å². The number of nitrogens with two attached hydrogens (primary N) is 1. The zero-order chi connectivity index (χ0) is 15.9. The maximum Gasteiger partial charge on any atom is 0.237 e. The molecule has 0 saturated heterocycles. The van der Waals surface area contributed by atoms with E-state index in [0.717, 1.165) is 31.6 Å². The van der Waals surface area contributed by atoms with Crippen LogP contribution in [0.3, 0.4) is 0 Å². The molecule has 21 heavy (non-hydrogen) atoms. The van der Waals surface area contributed by atoms with Gasteiger partial charge < -0.3 is 11.1 Å². The summed E-state index contributed by atoms with van der Waals surface area (Å²) in [6, 6.07) is 6.60. The second-order valence-electron chi connectivity index (χ2n) is 5.78. The van der Waals surface area contributed by atoms with Crippen molar-refractivity contribution in [3.63, 3.8) is 0 Å². The van der Waals surface area contributed by atoms with E-state index in [0.29, 0.717) is 0 Å². The van der Waals surface area contributed by atoms with Crippen LogP contribution in [0.5, 0.6) is 0 Å². The molecule has 1 unspecified atom stereocenters. The van der Waals surface area contributed by atoms with Crippen LogP contribution < -0.4 is 11.1 Å². The monoisotopic (exact) mass is 308 g/mol. The van der Waals surface area contributed by atoms with Gasteiger partial charge in [-0.1, -0.05) is 19.4 Å². The van der Waals surface area contributed by atoms with E-state index in [-0.39, 0.29) is 5.91 Å². The molecule has 1 aromatic rings. The average molecular weight is 308 g/mol. The van der Waals surface area contributed by atoms with Crippen molar-refractivity contribution in [3.8, 4) is 0 Å². The Morgan fingerprint density at radius 3 is 2.57 bits per heavy atom. The lowest BCUT2D eigenvalue weighted by atomic mass is 9.94. The summed E-state index contributed by atoms with van der Waals surface area (Å²) in [5.41, 5.74) is 7.59. The van der Waals surface area contributed by atoms with Gasteiger partial charge in [-0.25, -0.2) is 0 Å². The van der Waals surface area contributed by atoms with Crippen LogP contribution >= 0.6 is 11.8 Å². The van der Waals surface area contributed by atoms with Crippen molar-refractivity contribution < 1.29 is 4.79 Å². The second kappa shape index (κ2) is 8.44. The molecule has 4 heteroatoms. The third-order valence-electron chi connectivity index (χ3n) is 3.93. The highest BCUT2D eigenvalue weighted by Gasteiger charge is 2.28. The van der Waals surface area contributed by atoms with E-state index < -0.39 is 5.54 Å². The summed E-state index contributed by atoms with van der Waals surface area (Å²) < 4.78 is 0. The fraction of sp³-hybridized carbons (Fsp3) is 0.588. The summed E-state index contributed by atoms with van der Waals surface area (Å²) >= 11 is 1.88. The maximum atomic E-state index is 11.5. The molecule has 3 nitrogen and oxygen atoms in total. The number of aryl methyl sites for hydroxylation is 2. The van der Waals surface area contributed by atoms with Crippen molar-refractivity contribution in [1.29, 1.82) is 0 Å². The fourth-order valence-electron chi connectivity index (χ4n) is 2.26. The summed E-state index contributed by atoms with van der Waals surface area (Å²) in [5.74, 6) is 0.815. The third-order valence-corrected chi connectivity index (χ3v) is 5.01. The molecule has 1 aromatic carbocycles. The molecule has 0 aliphatic carbocycles. The van der Waals surface area contributed by atoms with E-state index >= 15 is 0 Å². The standard InChI is InChI=1S/C17H28N2OS/c1-5-19-17(4,16(18)20)10-6-7-11-21-15-9-8-13(2)14(3)12-15/h8-9,12,19H,5-7,10-11H2,1-4H3,(H2,18,20). The minimum atomic E-state index is -0.570. The molecule has 1 atom stereocenters. The topological polar surface area (TPSA) is 55.1 Å². The molecule has 1 rings (SSSR count). The Morgan fingerprint density at radius 1 is 1.29 bits per heavy atom. The van der Waals surface area contributed by atoms with Crippen LogP contribution in [-0.4, -0.2) is 23.7 Å². The maximum absolute atomic E-state index is 11.5. The quantitative estimate of drug-likeness (QED) is 0.543. The van der Waals surface area contributed by atoms with Crippen LogP contribution in [0.4, 0.5) is 0 Å². The number of likely N-dealkylation sites (N-methyl/N-ethyl adjacent to an activating group) is 1. The van der Waals surface area contributed by atoms with Crippen LogP contribution in [0.2, 0.25) is 0 Å². The molecule has 0 heterocycles. The molecule has 1 amide bonds. The number of carbonyl (C=O) groups is 1. The molecule has 0 spiro atoms. The molecule has 3 N–H and O–H groups in total. The van der Waals surface area contributed by atoms with E-state index in [4.69, 9.17) is 5.73 Å². The minimum Gasteiger partial charge on any atom is -0.368 e. The predicted molar refractivity (Wildman–Crippen MR) is 91.8 cm³/mol. The normalized spacial score (nSPS) is 13.9. The summed E-state index contributed by atoms with van der Waals surface area (Å²) in [5, 5.41) is 3.20. The van der Waals surface area contributed by atoms with E-state index in [1.165, 1.54) is 16.0 Å². The number of nitrogens with one attached hydrogen (secondary N) is 1. The summed E-state index contributed by atoms with van der Waals surface area (Å²) in [6.07, 6.45) is 2.89. The van der Waals surface area contributed by atoms with Crippen LogP contribution in [0.25, 0.3) is 0 Å². The minimum absolute atomic E-state index is 0.258. The molecule has 0 fully saturated rings. The van der Waals surface area contributed by atoms with Crippen LogP contribution in [0.1, 0.15) is 44.2 Å². The lowest BCUT2D eigenvalue weighted by Gasteiger charge is -2.26. The SMILES string of the molecule is CCNC(C)(CCCCSc1ccc(C)c(C)c1)C(N)=O. The van der Waals surface area contributed by atoms with Gasteiger partial charge in [-0.3, -0.25) is 4.79 Å². The highest BCUT2D eigenvalue weighted by atomic mass is 32.2. The first-order valence-electron chi connectivity index (χ1n) is 7.64. The first-order chi connectivity index (χ1) is 9.89. The Kier molecular flexibility index (Phi) is 7.26. The van der Waals surface area contributed by atoms with Gasteiger partial charge >= 0.3 is 0 Å². The van der Waals surface area contributed by atoms with Gasteiger partial charge in [0.05, 0.1) is 5.54 Å². The van der Waals surface area contributed by atoms with Crippen molar-refractivity contribution >= 4 is 17.7 Å². The van der Waals surface area contributed by atoms with Crippen molar-refractivity contribution in [2.45, 2.75) is 57.4 Å². The van der Waals surface area contributed by atoms with Gasteiger partial charge in [-0.15, -0.1) is 11.8 Å². The molecule has 0 aliphatic heterocycles. The van der Waals surface area contributed by atoms with Gasteiger partial charge in [-0.05, 0) is 69.2 Å². The van der Waals surface area contributed by atoms with Crippen molar-refractivity contribution in [2.24, 2.45) is 5.73 Å².